The number of nitriles is 1. The van der Waals surface area contributed by atoms with Crippen LogP contribution in [-0.2, 0) is 0 Å². The summed E-state index contributed by atoms with van der Waals surface area (Å²) in [6, 6.07) is 4.57. The Bertz CT molecular complexity index is 879. The van der Waals surface area contributed by atoms with Gasteiger partial charge in [0.05, 0.1) is 0 Å². The Morgan fingerprint density at radius 2 is 1.35 bits per heavy atom. The SMILES string of the molecule is CC.Cc1c(N)cc(C#N)nc1OCC(F)F.Cc1c(N)cc(Cl)nc1OCC(F)F. The molecule has 0 unspecified atom stereocenters. The summed E-state index contributed by atoms with van der Waals surface area (Å²) in [5.41, 5.74) is 12.8. The number of halogens is 5. The maximum absolute atomic E-state index is 11.9. The number of nitrogen functional groups attached to an aromatic ring is 2. The molecule has 0 radical (unpaired) electrons. The largest absolute Gasteiger partial charge is 0.471 e. The van der Waals surface area contributed by atoms with Gasteiger partial charge in [-0.1, -0.05) is 25.4 Å². The fourth-order valence-electron chi connectivity index (χ4n) is 1.80. The van der Waals surface area contributed by atoms with Gasteiger partial charge < -0.3 is 20.9 Å². The molecule has 2 aromatic rings. The number of pyridine rings is 2. The molecule has 4 N–H and O–H groups in total. The third kappa shape index (κ3) is 10.0. The van der Waals surface area contributed by atoms with Gasteiger partial charge in [0.2, 0.25) is 11.8 Å². The van der Waals surface area contributed by atoms with E-state index in [1.165, 1.54) is 12.1 Å². The lowest BCUT2D eigenvalue weighted by Crippen LogP contribution is -2.10. The molecule has 0 spiro atoms. The third-order valence-corrected chi connectivity index (χ3v) is 3.51. The Hall–Kier alpha value is -3.00. The number of alkyl halides is 4. The highest BCUT2D eigenvalue weighted by Gasteiger charge is 2.11. The molecule has 0 saturated heterocycles. The summed E-state index contributed by atoms with van der Waals surface area (Å²) in [5.74, 6) is 0.0298. The molecule has 0 fully saturated rings. The van der Waals surface area contributed by atoms with Gasteiger partial charge in [-0.25, -0.2) is 27.5 Å². The molecular weight excluding hydrogens is 442 g/mol. The standard InChI is InChI=1S/C9H9F2N3O.C8H9ClF2N2O.C2H6/c1-5-7(13)2-6(3-12)14-9(5)15-4-8(10)11;1-4-5(12)2-6(9)13-8(4)14-3-7(10)11;1-2/h2,8H,4H2,1H3,(H2,13,14);2,7H,3H2,1H3,(H2,12,13);1-2H3. The molecule has 0 amide bonds. The summed E-state index contributed by atoms with van der Waals surface area (Å²) in [6.07, 6.45) is -5.13. The van der Waals surface area contributed by atoms with E-state index in [9.17, 15) is 17.6 Å². The number of nitrogens with two attached hydrogens (primary N) is 2. The molecule has 2 heterocycles. The van der Waals surface area contributed by atoms with Crippen LogP contribution in [-0.4, -0.2) is 36.0 Å². The maximum atomic E-state index is 11.9. The molecule has 0 atom stereocenters. The van der Waals surface area contributed by atoms with Gasteiger partial charge in [0.15, 0.2) is 13.2 Å². The second kappa shape index (κ2) is 14.1. The highest BCUT2D eigenvalue weighted by Crippen LogP contribution is 2.25. The van der Waals surface area contributed by atoms with Crippen LogP contribution in [0.3, 0.4) is 0 Å². The molecular formula is C19H24ClF4N5O2. The van der Waals surface area contributed by atoms with E-state index in [2.05, 4.69) is 9.97 Å². The van der Waals surface area contributed by atoms with Gasteiger partial charge >= 0.3 is 0 Å². The minimum atomic E-state index is -2.59. The van der Waals surface area contributed by atoms with Gasteiger partial charge in [-0.2, -0.15) is 5.26 Å². The molecule has 0 aliphatic heterocycles. The number of aromatic nitrogens is 2. The normalized spacial score (nSPS) is 9.87. The lowest BCUT2D eigenvalue weighted by Gasteiger charge is -2.09. The highest BCUT2D eigenvalue weighted by atomic mass is 35.5. The first-order chi connectivity index (χ1) is 14.5. The minimum Gasteiger partial charge on any atom is -0.471 e. The maximum Gasteiger partial charge on any atom is 0.272 e. The zero-order chi connectivity index (χ0) is 24.1. The van der Waals surface area contributed by atoms with Crippen LogP contribution < -0.4 is 20.9 Å². The number of anilines is 2. The topological polar surface area (TPSA) is 120 Å². The van der Waals surface area contributed by atoms with Crippen LogP contribution in [0.5, 0.6) is 11.8 Å². The molecule has 0 saturated carbocycles. The molecule has 31 heavy (non-hydrogen) atoms. The summed E-state index contributed by atoms with van der Waals surface area (Å²) >= 11 is 5.58. The molecule has 0 bridgehead atoms. The van der Waals surface area contributed by atoms with Crippen LogP contribution in [0.2, 0.25) is 5.15 Å². The van der Waals surface area contributed by atoms with E-state index in [-0.39, 0.29) is 22.6 Å². The average molecular weight is 466 g/mol. The molecule has 0 aromatic carbocycles. The molecule has 7 nitrogen and oxygen atoms in total. The van der Waals surface area contributed by atoms with Crippen molar-refractivity contribution in [1.29, 1.82) is 5.26 Å². The van der Waals surface area contributed by atoms with Crippen LogP contribution in [0.15, 0.2) is 12.1 Å². The van der Waals surface area contributed by atoms with E-state index in [1.807, 2.05) is 13.8 Å². The van der Waals surface area contributed by atoms with Crippen LogP contribution in [0, 0.1) is 25.2 Å². The number of hydrogen-bond donors (Lipinski definition) is 2. The van der Waals surface area contributed by atoms with E-state index in [0.29, 0.717) is 22.5 Å². The van der Waals surface area contributed by atoms with E-state index < -0.39 is 26.1 Å². The van der Waals surface area contributed by atoms with Gasteiger partial charge in [0, 0.05) is 22.5 Å². The van der Waals surface area contributed by atoms with Crippen molar-refractivity contribution in [3.8, 4) is 17.8 Å². The monoisotopic (exact) mass is 465 g/mol. The number of ether oxygens (including phenoxy) is 2. The second-order valence-electron chi connectivity index (χ2n) is 5.51. The van der Waals surface area contributed by atoms with Gasteiger partial charge in [-0.3, -0.25) is 0 Å². The van der Waals surface area contributed by atoms with Crippen molar-refractivity contribution < 1.29 is 27.0 Å². The third-order valence-electron chi connectivity index (χ3n) is 3.31. The first-order valence-electron chi connectivity index (χ1n) is 8.96. The van der Waals surface area contributed by atoms with E-state index in [1.54, 1.807) is 19.9 Å². The predicted octanol–water partition coefficient (Wildman–Crippen LogP) is 4.78. The van der Waals surface area contributed by atoms with Crippen molar-refractivity contribution in [3.05, 3.63) is 34.1 Å². The van der Waals surface area contributed by atoms with E-state index in [4.69, 9.17) is 37.8 Å². The fourth-order valence-corrected chi connectivity index (χ4v) is 1.99. The summed E-state index contributed by atoms with van der Waals surface area (Å²) in [4.78, 5) is 7.46. The number of rotatable bonds is 6. The first kappa shape index (κ1) is 28.0. The zero-order valence-electron chi connectivity index (χ0n) is 17.4. The molecule has 0 aliphatic rings. The Morgan fingerprint density at radius 1 is 0.935 bits per heavy atom. The molecule has 2 aromatic heterocycles. The van der Waals surface area contributed by atoms with Crippen molar-refractivity contribution >= 4 is 23.0 Å². The van der Waals surface area contributed by atoms with Crippen molar-refractivity contribution in [2.75, 3.05) is 24.7 Å². The quantitative estimate of drug-likeness (QED) is 0.465. The highest BCUT2D eigenvalue weighted by molar-refractivity contribution is 6.29. The number of nitrogens with zero attached hydrogens (tertiary/aromatic N) is 3. The Morgan fingerprint density at radius 3 is 1.77 bits per heavy atom. The fraction of sp³-hybridized carbons (Fsp3) is 0.421. The summed E-state index contributed by atoms with van der Waals surface area (Å²) in [5, 5.41) is 8.71. The van der Waals surface area contributed by atoms with Crippen molar-refractivity contribution in [3.63, 3.8) is 0 Å². The van der Waals surface area contributed by atoms with Crippen LogP contribution >= 0.6 is 11.6 Å². The van der Waals surface area contributed by atoms with Crippen molar-refractivity contribution in [2.24, 2.45) is 0 Å². The van der Waals surface area contributed by atoms with E-state index >= 15 is 0 Å². The van der Waals surface area contributed by atoms with Gasteiger partial charge in [0.1, 0.15) is 16.9 Å². The molecule has 12 heteroatoms. The smallest absolute Gasteiger partial charge is 0.272 e. The minimum absolute atomic E-state index is 0.0214. The van der Waals surface area contributed by atoms with Crippen LogP contribution in [0.1, 0.15) is 30.7 Å². The van der Waals surface area contributed by atoms with Gasteiger partial charge in [-0.05, 0) is 26.0 Å². The molecule has 172 valence electrons. The lowest BCUT2D eigenvalue weighted by atomic mass is 10.2. The molecule has 0 aliphatic carbocycles. The first-order valence-corrected chi connectivity index (χ1v) is 9.34. The van der Waals surface area contributed by atoms with Crippen LogP contribution in [0.4, 0.5) is 28.9 Å². The Kier molecular flexibility index (Phi) is 12.7. The van der Waals surface area contributed by atoms with E-state index in [0.717, 1.165) is 0 Å². The lowest BCUT2D eigenvalue weighted by molar-refractivity contribution is 0.0791. The Balaban J connectivity index is 0.000000539. The zero-order valence-corrected chi connectivity index (χ0v) is 18.2. The van der Waals surface area contributed by atoms with Crippen molar-refractivity contribution in [1.82, 2.24) is 9.97 Å². The number of hydrogen-bond acceptors (Lipinski definition) is 7. The van der Waals surface area contributed by atoms with Gasteiger partial charge in [-0.15, -0.1) is 0 Å². The summed E-state index contributed by atoms with van der Waals surface area (Å²) < 4.78 is 56.9. The van der Waals surface area contributed by atoms with Crippen LogP contribution in [0.25, 0.3) is 0 Å². The summed E-state index contributed by atoms with van der Waals surface area (Å²) in [6.45, 7) is 5.74. The molecule has 2 rings (SSSR count). The predicted molar refractivity (Wildman–Crippen MR) is 111 cm³/mol. The van der Waals surface area contributed by atoms with Gasteiger partial charge in [0.25, 0.3) is 12.9 Å². The summed E-state index contributed by atoms with van der Waals surface area (Å²) in [7, 11) is 0. The van der Waals surface area contributed by atoms with Crippen molar-refractivity contribution in [2.45, 2.75) is 40.5 Å². The average Bonchev–Trinajstić information content (AvgIpc) is 2.72. The Labute approximate surface area is 182 Å². The second-order valence-corrected chi connectivity index (χ2v) is 5.89.